The van der Waals surface area contributed by atoms with Gasteiger partial charge < -0.3 is 19.9 Å². The minimum atomic E-state index is -0.253. The predicted octanol–water partition coefficient (Wildman–Crippen LogP) is 4.19. The van der Waals surface area contributed by atoms with Gasteiger partial charge in [0.1, 0.15) is 11.6 Å². The zero-order valence-electron chi connectivity index (χ0n) is 15.5. The van der Waals surface area contributed by atoms with Gasteiger partial charge in [0.15, 0.2) is 5.13 Å². The summed E-state index contributed by atoms with van der Waals surface area (Å²) in [6.07, 6.45) is 0. The number of thiazole rings is 1. The van der Waals surface area contributed by atoms with Crippen molar-refractivity contribution in [2.75, 3.05) is 43.0 Å². The number of ether oxygens (including phenoxy) is 1. The Labute approximate surface area is 166 Å². The van der Waals surface area contributed by atoms with Crippen molar-refractivity contribution in [3.63, 3.8) is 0 Å². The average Bonchev–Trinajstić information content (AvgIpc) is 3.13. The molecule has 1 aliphatic heterocycles. The number of fused-ring (bicyclic) bond motifs is 1. The van der Waals surface area contributed by atoms with Crippen molar-refractivity contribution in [3.05, 3.63) is 48.3 Å². The number of piperazine rings is 1. The summed E-state index contributed by atoms with van der Waals surface area (Å²) >= 11 is 1.48. The first-order valence-electron chi connectivity index (χ1n) is 9.23. The lowest BCUT2D eigenvalue weighted by Gasteiger charge is -2.34. The van der Waals surface area contributed by atoms with Crippen molar-refractivity contribution in [3.8, 4) is 5.75 Å². The standard InChI is InChI=1S/C20H21FN4O2S/c1-2-27-17-6-4-3-5-15(17)22-19(26)24-9-11-25(12-10-24)20-23-16-8-7-14(21)13-18(16)28-20/h3-8,13H,2,9-12H2,1H3,(H,22,26). The summed E-state index contributed by atoms with van der Waals surface area (Å²) in [7, 11) is 0. The van der Waals surface area contributed by atoms with E-state index in [1.54, 1.807) is 11.0 Å². The summed E-state index contributed by atoms with van der Waals surface area (Å²) < 4.78 is 19.8. The molecule has 0 bridgehead atoms. The van der Waals surface area contributed by atoms with E-state index in [1.807, 2.05) is 31.2 Å². The molecule has 2 heterocycles. The number of halogens is 1. The summed E-state index contributed by atoms with van der Waals surface area (Å²) in [5, 5.41) is 3.80. The van der Waals surface area contributed by atoms with Crippen molar-refractivity contribution in [1.29, 1.82) is 0 Å². The maximum absolute atomic E-state index is 13.4. The zero-order valence-corrected chi connectivity index (χ0v) is 16.3. The summed E-state index contributed by atoms with van der Waals surface area (Å²) in [6.45, 7) is 5.00. The van der Waals surface area contributed by atoms with E-state index in [9.17, 15) is 9.18 Å². The molecule has 146 valence electrons. The van der Waals surface area contributed by atoms with E-state index in [0.717, 1.165) is 15.3 Å². The number of carbonyl (C=O) groups is 1. The van der Waals surface area contributed by atoms with Crippen LogP contribution in [0, 0.1) is 5.82 Å². The van der Waals surface area contributed by atoms with Gasteiger partial charge in [-0.2, -0.15) is 0 Å². The van der Waals surface area contributed by atoms with Crippen molar-refractivity contribution in [2.45, 2.75) is 6.92 Å². The number of carbonyl (C=O) groups excluding carboxylic acids is 1. The van der Waals surface area contributed by atoms with Gasteiger partial charge >= 0.3 is 6.03 Å². The van der Waals surface area contributed by atoms with Crippen LogP contribution in [-0.4, -0.2) is 48.7 Å². The topological polar surface area (TPSA) is 57.7 Å². The van der Waals surface area contributed by atoms with E-state index in [-0.39, 0.29) is 11.8 Å². The number of rotatable bonds is 4. The largest absolute Gasteiger partial charge is 0.492 e. The Hall–Kier alpha value is -2.87. The third-order valence-electron chi connectivity index (χ3n) is 4.61. The van der Waals surface area contributed by atoms with Gasteiger partial charge in [0, 0.05) is 26.2 Å². The fourth-order valence-electron chi connectivity index (χ4n) is 3.17. The van der Waals surface area contributed by atoms with Crippen LogP contribution >= 0.6 is 11.3 Å². The molecule has 0 aliphatic carbocycles. The number of para-hydroxylation sites is 2. The van der Waals surface area contributed by atoms with Crippen molar-refractivity contribution in [2.24, 2.45) is 0 Å². The average molecular weight is 400 g/mol. The Balaban J connectivity index is 1.39. The third-order valence-corrected chi connectivity index (χ3v) is 5.68. The molecule has 0 unspecified atom stereocenters. The molecule has 2 aromatic carbocycles. The van der Waals surface area contributed by atoms with Crippen LogP contribution < -0.4 is 15.0 Å². The summed E-state index contributed by atoms with van der Waals surface area (Å²) in [4.78, 5) is 21.1. The number of benzene rings is 2. The van der Waals surface area contributed by atoms with Gasteiger partial charge in [-0.3, -0.25) is 0 Å². The molecule has 8 heteroatoms. The Morgan fingerprint density at radius 1 is 1.21 bits per heavy atom. The molecule has 1 aliphatic rings. The molecule has 2 amide bonds. The van der Waals surface area contributed by atoms with Crippen LogP contribution in [0.2, 0.25) is 0 Å². The van der Waals surface area contributed by atoms with Crippen LogP contribution in [0.1, 0.15) is 6.92 Å². The summed E-state index contributed by atoms with van der Waals surface area (Å²) in [6, 6.07) is 11.9. The first-order chi connectivity index (χ1) is 13.6. The lowest BCUT2D eigenvalue weighted by molar-refractivity contribution is 0.208. The second-order valence-electron chi connectivity index (χ2n) is 6.44. The van der Waals surface area contributed by atoms with E-state index < -0.39 is 0 Å². The highest BCUT2D eigenvalue weighted by molar-refractivity contribution is 7.22. The molecule has 1 fully saturated rings. The lowest BCUT2D eigenvalue weighted by Crippen LogP contribution is -2.50. The smallest absolute Gasteiger partial charge is 0.322 e. The van der Waals surface area contributed by atoms with Gasteiger partial charge in [-0.1, -0.05) is 23.5 Å². The number of hydrogen-bond acceptors (Lipinski definition) is 5. The van der Waals surface area contributed by atoms with E-state index in [4.69, 9.17) is 4.74 Å². The van der Waals surface area contributed by atoms with Crippen LogP contribution in [0.4, 0.5) is 20.0 Å². The highest BCUT2D eigenvalue weighted by Crippen LogP contribution is 2.30. The summed E-state index contributed by atoms with van der Waals surface area (Å²) in [5.74, 6) is 0.412. The predicted molar refractivity (Wildman–Crippen MR) is 110 cm³/mol. The molecule has 1 saturated heterocycles. The van der Waals surface area contributed by atoms with Gasteiger partial charge in [0.05, 0.1) is 22.5 Å². The fraction of sp³-hybridized carbons (Fsp3) is 0.300. The molecular formula is C20H21FN4O2S. The molecule has 28 heavy (non-hydrogen) atoms. The summed E-state index contributed by atoms with van der Waals surface area (Å²) in [5.41, 5.74) is 1.47. The number of nitrogens with one attached hydrogen (secondary N) is 1. The molecule has 4 rings (SSSR count). The highest BCUT2D eigenvalue weighted by Gasteiger charge is 2.23. The number of hydrogen-bond donors (Lipinski definition) is 1. The third kappa shape index (κ3) is 3.87. The number of anilines is 2. The van der Waals surface area contributed by atoms with Gasteiger partial charge in [-0.25, -0.2) is 14.2 Å². The first-order valence-corrected chi connectivity index (χ1v) is 10.0. The minimum absolute atomic E-state index is 0.141. The van der Waals surface area contributed by atoms with Gasteiger partial charge in [-0.05, 0) is 37.3 Å². The molecule has 0 radical (unpaired) electrons. The fourth-order valence-corrected chi connectivity index (χ4v) is 4.21. The van der Waals surface area contributed by atoms with Gasteiger partial charge in [-0.15, -0.1) is 0 Å². The number of aromatic nitrogens is 1. The molecule has 6 nitrogen and oxygen atoms in total. The van der Waals surface area contributed by atoms with Crippen LogP contribution in [0.3, 0.4) is 0 Å². The molecule has 0 saturated carbocycles. The number of amides is 2. The highest BCUT2D eigenvalue weighted by atomic mass is 32.1. The Morgan fingerprint density at radius 3 is 2.79 bits per heavy atom. The maximum atomic E-state index is 13.4. The SMILES string of the molecule is CCOc1ccccc1NC(=O)N1CCN(c2nc3ccc(F)cc3s2)CC1. The maximum Gasteiger partial charge on any atom is 0.322 e. The van der Waals surface area contributed by atoms with Gasteiger partial charge in [0.25, 0.3) is 0 Å². The van der Waals surface area contributed by atoms with E-state index >= 15 is 0 Å². The molecule has 0 spiro atoms. The first kappa shape index (κ1) is 18.5. The second-order valence-corrected chi connectivity index (χ2v) is 7.45. The quantitative estimate of drug-likeness (QED) is 0.714. The van der Waals surface area contributed by atoms with Gasteiger partial charge in [0.2, 0.25) is 0 Å². The Morgan fingerprint density at radius 2 is 2.00 bits per heavy atom. The normalized spacial score (nSPS) is 14.4. The van der Waals surface area contributed by atoms with Crippen LogP contribution in [-0.2, 0) is 0 Å². The Kier molecular flexibility index (Phi) is 5.29. The van der Waals surface area contributed by atoms with E-state index in [1.165, 1.54) is 23.5 Å². The van der Waals surface area contributed by atoms with Crippen molar-refractivity contribution >= 4 is 38.4 Å². The molecular weight excluding hydrogens is 379 g/mol. The molecule has 0 atom stereocenters. The molecule has 1 aromatic heterocycles. The van der Waals surface area contributed by atoms with Crippen LogP contribution in [0.25, 0.3) is 10.2 Å². The monoisotopic (exact) mass is 400 g/mol. The minimum Gasteiger partial charge on any atom is -0.492 e. The Bertz CT molecular complexity index is 985. The van der Waals surface area contributed by atoms with E-state index in [2.05, 4.69) is 15.2 Å². The molecule has 1 N–H and O–H groups in total. The lowest BCUT2D eigenvalue weighted by atomic mass is 10.3. The van der Waals surface area contributed by atoms with Crippen molar-refractivity contribution < 1.29 is 13.9 Å². The number of urea groups is 1. The molecule has 3 aromatic rings. The van der Waals surface area contributed by atoms with E-state index in [0.29, 0.717) is 44.2 Å². The zero-order chi connectivity index (χ0) is 19.5. The van der Waals surface area contributed by atoms with Crippen molar-refractivity contribution in [1.82, 2.24) is 9.88 Å². The van der Waals surface area contributed by atoms with Crippen LogP contribution in [0.5, 0.6) is 5.75 Å². The number of nitrogens with zero attached hydrogens (tertiary/aromatic N) is 3. The van der Waals surface area contributed by atoms with Crippen LogP contribution in [0.15, 0.2) is 42.5 Å². The second kappa shape index (κ2) is 8.02.